The molecule has 112 valence electrons. The monoisotopic (exact) mass is 289 g/mol. The maximum atomic E-state index is 12.6. The Hall–Kier alpha value is -2.14. The summed E-state index contributed by atoms with van der Waals surface area (Å²) in [5.74, 6) is -1.13. The third-order valence-electron chi connectivity index (χ3n) is 3.76. The summed E-state index contributed by atoms with van der Waals surface area (Å²) in [4.78, 5) is 24.9. The van der Waals surface area contributed by atoms with Gasteiger partial charge >= 0.3 is 5.97 Å². The highest BCUT2D eigenvalue weighted by molar-refractivity contribution is 5.97. The summed E-state index contributed by atoms with van der Waals surface area (Å²) in [7, 11) is 0. The Morgan fingerprint density at radius 2 is 2.19 bits per heavy atom. The van der Waals surface area contributed by atoms with Crippen molar-refractivity contribution in [3.8, 4) is 0 Å². The molecular formula is C16H19NO4. The molecule has 5 nitrogen and oxygen atoms in total. The maximum Gasteiger partial charge on any atom is 0.328 e. The molecule has 1 aliphatic rings. The Morgan fingerprint density at radius 1 is 1.43 bits per heavy atom. The predicted octanol–water partition coefficient (Wildman–Crippen LogP) is 1.69. The molecule has 0 aliphatic carbocycles. The first-order chi connectivity index (χ1) is 10.0. The largest absolute Gasteiger partial charge is 0.478 e. The fraction of sp³-hybridized carbons (Fsp3) is 0.375. The molecule has 0 radical (unpaired) electrons. The minimum absolute atomic E-state index is 0.0244. The second-order valence-corrected chi connectivity index (χ2v) is 5.22. The fourth-order valence-corrected chi connectivity index (χ4v) is 2.59. The maximum absolute atomic E-state index is 12.6. The number of rotatable bonds is 4. The number of hydrogen-bond donors (Lipinski definition) is 2. The van der Waals surface area contributed by atoms with Crippen LogP contribution in [0.15, 0.2) is 24.3 Å². The number of likely N-dealkylation sites (tertiary alicyclic amines) is 1. The summed E-state index contributed by atoms with van der Waals surface area (Å²) in [5.41, 5.74) is 2.07. The summed E-state index contributed by atoms with van der Waals surface area (Å²) in [6, 6.07) is 5.16. The number of amides is 1. The van der Waals surface area contributed by atoms with E-state index >= 15 is 0 Å². The summed E-state index contributed by atoms with van der Waals surface area (Å²) in [6.07, 6.45) is 4.23. The number of aliphatic hydroxyl groups excluding tert-OH is 1. The highest BCUT2D eigenvalue weighted by Crippen LogP contribution is 2.22. The van der Waals surface area contributed by atoms with Gasteiger partial charge in [0.2, 0.25) is 0 Å². The van der Waals surface area contributed by atoms with Gasteiger partial charge < -0.3 is 15.1 Å². The van der Waals surface area contributed by atoms with Crippen LogP contribution in [0.1, 0.15) is 34.3 Å². The topological polar surface area (TPSA) is 77.8 Å². The van der Waals surface area contributed by atoms with Crippen molar-refractivity contribution < 1.29 is 19.8 Å². The van der Waals surface area contributed by atoms with Crippen LogP contribution in [0.5, 0.6) is 0 Å². The van der Waals surface area contributed by atoms with Gasteiger partial charge in [-0.15, -0.1) is 0 Å². The van der Waals surface area contributed by atoms with Crippen molar-refractivity contribution in [2.24, 2.45) is 0 Å². The van der Waals surface area contributed by atoms with Crippen molar-refractivity contribution in [3.05, 3.63) is 41.0 Å². The van der Waals surface area contributed by atoms with E-state index in [9.17, 15) is 14.7 Å². The van der Waals surface area contributed by atoms with Crippen molar-refractivity contribution in [2.75, 3.05) is 13.2 Å². The van der Waals surface area contributed by atoms with Crippen LogP contribution in [0.2, 0.25) is 0 Å². The molecule has 5 heteroatoms. The summed E-state index contributed by atoms with van der Waals surface area (Å²) >= 11 is 0. The van der Waals surface area contributed by atoms with Crippen molar-refractivity contribution in [1.82, 2.24) is 4.90 Å². The number of benzene rings is 1. The van der Waals surface area contributed by atoms with Crippen LogP contribution in [-0.2, 0) is 4.79 Å². The molecule has 0 aromatic heterocycles. The number of aliphatic carboxylic acids is 1. The third-order valence-corrected chi connectivity index (χ3v) is 3.76. The molecule has 1 fully saturated rings. The number of nitrogens with zero attached hydrogens (tertiary/aromatic N) is 1. The molecular weight excluding hydrogens is 270 g/mol. The van der Waals surface area contributed by atoms with Gasteiger partial charge in [-0.3, -0.25) is 4.79 Å². The predicted molar refractivity (Wildman–Crippen MR) is 79.0 cm³/mol. The second-order valence-electron chi connectivity index (χ2n) is 5.22. The van der Waals surface area contributed by atoms with Gasteiger partial charge in [0.25, 0.3) is 5.91 Å². The molecule has 2 rings (SSSR count). The smallest absolute Gasteiger partial charge is 0.328 e. The van der Waals surface area contributed by atoms with Gasteiger partial charge in [0.15, 0.2) is 0 Å². The quantitative estimate of drug-likeness (QED) is 0.827. The van der Waals surface area contributed by atoms with Crippen LogP contribution in [-0.4, -0.2) is 46.2 Å². The third kappa shape index (κ3) is 3.49. The molecule has 21 heavy (non-hydrogen) atoms. The first kappa shape index (κ1) is 15.3. The molecule has 1 atom stereocenters. The molecule has 1 heterocycles. The molecule has 0 saturated carbocycles. The summed E-state index contributed by atoms with van der Waals surface area (Å²) in [5, 5.41) is 18.0. The first-order valence-corrected chi connectivity index (χ1v) is 6.96. The fourth-order valence-electron chi connectivity index (χ4n) is 2.59. The van der Waals surface area contributed by atoms with Gasteiger partial charge in [0, 0.05) is 18.2 Å². The van der Waals surface area contributed by atoms with Gasteiger partial charge in [-0.2, -0.15) is 0 Å². The van der Waals surface area contributed by atoms with Crippen LogP contribution in [0.4, 0.5) is 0 Å². The Kier molecular flexibility index (Phi) is 4.75. The van der Waals surface area contributed by atoms with Gasteiger partial charge in [-0.25, -0.2) is 4.79 Å². The van der Waals surface area contributed by atoms with Gasteiger partial charge in [0.05, 0.1) is 12.6 Å². The van der Waals surface area contributed by atoms with E-state index in [0.717, 1.165) is 24.5 Å². The molecule has 1 aliphatic heterocycles. The molecule has 0 bridgehead atoms. The number of carboxylic acid groups (broad SMARTS) is 1. The standard InChI is InChI=1S/C16H19NO4/c1-11-4-5-12(6-7-15(19)20)9-14(11)16(21)17-8-2-3-13(17)10-18/h4-7,9,13,18H,2-3,8,10H2,1H3,(H,19,20). The molecule has 2 N–H and O–H groups in total. The first-order valence-electron chi connectivity index (χ1n) is 6.96. The Bertz CT molecular complexity index is 580. The average Bonchev–Trinajstić information content (AvgIpc) is 2.94. The zero-order valence-electron chi connectivity index (χ0n) is 12.0. The molecule has 1 saturated heterocycles. The van der Waals surface area contributed by atoms with E-state index < -0.39 is 5.97 Å². The molecule has 1 amide bonds. The number of carbonyl (C=O) groups excluding carboxylic acids is 1. The van der Waals surface area contributed by atoms with Crippen LogP contribution in [0.25, 0.3) is 6.08 Å². The van der Waals surface area contributed by atoms with E-state index in [-0.39, 0.29) is 18.6 Å². The molecule has 0 spiro atoms. The number of carbonyl (C=O) groups is 2. The lowest BCUT2D eigenvalue weighted by Gasteiger charge is -2.24. The summed E-state index contributed by atoms with van der Waals surface area (Å²) < 4.78 is 0. The van der Waals surface area contributed by atoms with E-state index in [2.05, 4.69) is 0 Å². The van der Waals surface area contributed by atoms with Gasteiger partial charge in [-0.1, -0.05) is 12.1 Å². The molecule has 1 aromatic carbocycles. The van der Waals surface area contributed by atoms with Crippen LogP contribution in [0.3, 0.4) is 0 Å². The molecule has 1 unspecified atom stereocenters. The lowest BCUT2D eigenvalue weighted by Crippen LogP contribution is -2.37. The Balaban J connectivity index is 2.27. The van der Waals surface area contributed by atoms with Crippen LogP contribution in [0, 0.1) is 6.92 Å². The van der Waals surface area contributed by atoms with E-state index in [1.54, 1.807) is 23.1 Å². The molecule has 1 aromatic rings. The number of carboxylic acids is 1. The zero-order chi connectivity index (χ0) is 15.4. The average molecular weight is 289 g/mol. The number of aliphatic hydroxyl groups is 1. The van der Waals surface area contributed by atoms with E-state index in [0.29, 0.717) is 17.7 Å². The van der Waals surface area contributed by atoms with Crippen LogP contribution >= 0.6 is 0 Å². The van der Waals surface area contributed by atoms with Crippen LogP contribution < -0.4 is 0 Å². The minimum atomic E-state index is -1.02. The van der Waals surface area contributed by atoms with E-state index in [4.69, 9.17) is 5.11 Å². The van der Waals surface area contributed by atoms with Gasteiger partial charge in [0.1, 0.15) is 0 Å². The normalized spacial score (nSPS) is 18.4. The highest BCUT2D eigenvalue weighted by Gasteiger charge is 2.29. The van der Waals surface area contributed by atoms with E-state index in [1.165, 1.54) is 6.08 Å². The van der Waals surface area contributed by atoms with Gasteiger partial charge in [-0.05, 0) is 43.0 Å². The van der Waals surface area contributed by atoms with Crippen molar-refractivity contribution in [3.63, 3.8) is 0 Å². The second kappa shape index (κ2) is 6.54. The lowest BCUT2D eigenvalue weighted by molar-refractivity contribution is -0.131. The minimum Gasteiger partial charge on any atom is -0.478 e. The highest BCUT2D eigenvalue weighted by atomic mass is 16.4. The van der Waals surface area contributed by atoms with Crippen molar-refractivity contribution >= 4 is 18.0 Å². The zero-order valence-corrected chi connectivity index (χ0v) is 12.0. The van der Waals surface area contributed by atoms with Crippen molar-refractivity contribution in [2.45, 2.75) is 25.8 Å². The van der Waals surface area contributed by atoms with E-state index in [1.807, 2.05) is 6.92 Å². The number of aryl methyl sites for hydroxylation is 1. The number of hydrogen-bond acceptors (Lipinski definition) is 3. The lowest BCUT2D eigenvalue weighted by atomic mass is 10.0. The summed E-state index contributed by atoms with van der Waals surface area (Å²) in [6.45, 7) is 2.48. The SMILES string of the molecule is Cc1ccc(C=CC(=O)O)cc1C(=O)N1CCCC1CO. The van der Waals surface area contributed by atoms with Crippen molar-refractivity contribution in [1.29, 1.82) is 0 Å². The Morgan fingerprint density at radius 3 is 2.86 bits per heavy atom. The Labute approximate surface area is 123 Å².